The third kappa shape index (κ3) is 5.75. The Balaban J connectivity index is 1.70. The minimum Gasteiger partial charge on any atom is -0.493 e. The second kappa shape index (κ2) is 9.65. The van der Waals surface area contributed by atoms with Crippen LogP contribution >= 0.6 is 11.6 Å². The molecule has 8 heteroatoms. The molecule has 0 aliphatic carbocycles. The predicted octanol–water partition coefficient (Wildman–Crippen LogP) is 4.55. The Labute approximate surface area is 181 Å². The van der Waals surface area contributed by atoms with Gasteiger partial charge in [0, 0.05) is 5.02 Å². The number of ether oxygens (including phenoxy) is 2. The Morgan fingerprint density at radius 2 is 1.70 bits per heavy atom. The Hall–Kier alpha value is -3.03. The molecule has 0 aliphatic rings. The zero-order chi connectivity index (χ0) is 21.6. The molecule has 3 aromatic carbocycles. The molecule has 6 nitrogen and oxygen atoms in total. The number of sulfonamides is 1. The van der Waals surface area contributed by atoms with Gasteiger partial charge in [-0.15, -0.1) is 0 Å². The van der Waals surface area contributed by atoms with Crippen LogP contribution in [-0.4, -0.2) is 21.7 Å². The van der Waals surface area contributed by atoms with Crippen LogP contribution in [0.15, 0.2) is 76.7 Å². The molecule has 3 aromatic rings. The van der Waals surface area contributed by atoms with Gasteiger partial charge >= 0.3 is 0 Å². The number of rotatable bonds is 8. The molecule has 0 aliphatic heterocycles. The fourth-order valence-corrected chi connectivity index (χ4v) is 3.49. The lowest BCUT2D eigenvalue weighted by Gasteiger charge is -2.11. The predicted molar refractivity (Wildman–Crippen MR) is 118 cm³/mol. The van der Waals surface area contributed by atoms with Crippen LogP contribution in [0.25, 0.3) is 0 Å². The van der Waals surface area contributed by atoms with Crippen LogP contribution < -0.4 is 14.3 Å². The highest BCUT2D eigenvalue weighted by atomic mass is 35.5. The molecule has 0 aromatic heterocycles. The van der Waals surface area contributed by atoms with E-state index in [0.717, 1.165) is 11.1 Å². The van der Waals surface area contributed by atoms with Crippen molar-refractivity contribution in [2.45, 2.75) is 18.4 Å². The van der Waals surface area contributed by atoms with Crippen molar-refractivity contribution in [2.75, 3.05) is 7.11 Å². The van der Waals surface area contributed by atoms with E-state index in [1.807, 2.05) is 19.1 Å². The van der Waals surface area contributed by atoms with Gasteiger partial charge in [-0.25, -0.2) is 4.83 Å². The molecule has 0 heterocycles. The average Bonchev–Trinajstić information content (AvgIpc) is 2.73. The molecule has 30 heavy (non-hydrogen) atoms. The maximum atomic E-state index is 12.3. The first-order chi connectivity index (χ1) is 14.4. The van der Waals surface area contributed by atoms with Crippen molar-refractivity contribution in [3.05, 3.63) is 88.4 Å². The monoisotopic (exact) mass is 444 g/mol. The maximum absolute atomic E-state index is 12.3. The molecule has 1 N–H and O–H groups in total. The third-order valence-corrected chi connectivity index (χ3v) is 5.70. The van der Waals surface area contributed by atoms with Gasteiger partial charge in [-0.1, -0.05) is 41.4 Å². The van der Waals surface area contributed by atoms with Crippen molar-refractivity contribution in [1.82, 2.24) is 4.83 Å². The van der Waals surface area contributed by atoms with E-state index >= 15 is 0 Å². The minimum atomic E-state index is -3.73. The van der Waals surface area contributed by atoms with E-state index in [0.29, 0.717) is 28.7 Å². The SMILES string of the molecule is COc1ccc(/C=N\NS(=O)(=O)c2ccc(C)cc2)cc1OCc1ccc(Cl)cc1. The molecular formula is C22H21ClN2O4S. The van der Waals surface area contributed by atoms with E-state index in [4.69, 9.17) is 21.1 Å². The molecule has 0 spiro atoms. The van der Waals surface area contributed by atoms with Gasteiger partial charge in [-0.3, -0.25) is 0 Å². The number of nitrogens with zero attached hydrogens (tertiary/aromatic N) is 1. The standard InChI is InChI=1S/C22H21ClN2O4S/c1-16-3-10-20(11-4-16)30(26,27)25-24-14-18-7-12-21(28-2)22(13-18)29-15-17-5-8-19(23)9-6-17/h3-14,25H,15H2,1-2H3/b24-14-. The fourth-order valence-electron chi connectivity index (χ4n) is 2.57. The van der Waals surface area contributed by atoms with E-state index in [9.17, 15) is 8.42 Å². The van der Waals surface area contributed by atoms with Gasteiger partial charge in [0.2, 0.25) is 0 Å². The lowest BCUT2D eigenvalue weighted by atomic mass is 10.2. The minimum absolute atomic E-state index is 0.145. The van der Waals surface area contributed by atoms with E-state index in [-0.39, 0.29) is 4.90 Å². The summed E-state index contributed by atoms with van der Waals surface area (Å²) in [6.07, 6.45) is 1.40. The lowest BCUT2D eigenvalue weighted by molar-refractivity contribution is 0.284. The highest BCUT2D eigenvalue weighted by Crippen LogP contribution is 2.28. The number of hydrazone groups is 1. The van der Waals surface area contributed by atoms with Crippen molar-refractivity contribution in [1.29, 1.82) is 0 Å². The number of halogens is 1. The van der Waals surface area contributed by atoms with Crippen LogP contribution in [0.3, 0.4) is 0 Å². The summed E-state index contributed by atoms with van der Waals surface area (Å²) in [6.45, 7) is 2.21. The summed E-state index contributed by atoms with van der Waals surface area (Å²) < 4.78 is 35.8. The van der Waals surface area contributed by atoms with Gasteiger partial charge in [0.05, 0.1) is 18.2 Å². The summed E-state index contributed by atoms with van der Waals surface area (Å²) >= 11 is 5.90. The summed E-state index contributed by atoms with van der Waals surface area (Å²) in [5.74, 6) is 1.07. The second-order valence-corrected chi connectivity index (χ2v) is 8.59. The summed E-state index contributed by atoms with van der Waals surface area (Å²) in [4.78, 5) is 2.36. The summed E-state index contributed by atoms with van der Waals surface area (Å²) in [5.41, 5.74) is 2.57. The second-order valence-electron chi connectivity index (χ2n) is 6.49. The van der Waals surface area contributed by atoms with Crippen LogP contribution in [0.4, 0.5) is 0 Å². The van der Waals surface area contributed by atoms with Crippen LogP contribution in [-0.2, 0) is 16.6 Å². The van der Waals surface area contributed by atoms with Crippen LogP contribution in [0.2, 0.25) is 5.02 Å². The topological polar surface area (TPSA) is 77.0 Å². The van der Waals surface area contributed by atoms with Crippen LogP contribution in [0.5, 0.6) is 11.5 Å². The van der Waals surface area contributed by atoms with Crippen molar-refractivity contribution in [3.8, 4) is 11.5 Å². The normalized spacial score (nSPS) is 11.4. The van der Waals surface area contributed by atoms with Gasteiger partial charge in [0.15, 0.2) is 11.5 Å². The zero-order valence-electron chi connectivity index (χ0n) is 16.5. The van der Waals surface area contributed by atoms with E-state index in [2.05, 4.69) is 9.93 Å². The molecule has 0 amide bonds. The Kier molecular flexibility index (Phi) is 6.97. The van der Waals surface area contributed by atoms with Crippen LogP contribution in [0.1, 0.15) is 16.7 Å². The number of nitrogens with one attached hydrogen (secondary N) is 1. The number of aryl methyl sites for hydroxylation is 1. The molecule has 0 unspecified atom stereocenters. The van der Waals surface area contributed by atoms with Crippen LogP contribution in [0, 0.1) is 6.92 Å². The Bertz CT molecular complexity index is 1130. The van der Waals surface area contributed by atoms with Gasteiger partial charge in [-0.05, 0) is 60.5 Å². The van der Waals surface area contributed by atoms with Crippen molar-refractivity contribution in [3.63, 3.8) is 0 Å². The molecule has 0 atom stereocenters. The van der Waals surface area contributed by atoms with E-state index in [1.165, 1.54) is 18.3 Å². The quantitative estimate of drug-likeness (QED) is 0.408. The summed E-state index contributed by atoms with van der Waals surface area (Å²) in [6, 6.07) is 19.1. The summed E-state index contributed by atoms with van der Waals surface area (Å²) in [7, 11) is -2.19. The smallest absolute Gasteiger partial charge is 0.276 e. The first-order valence-electron chi connectivity index (χ1n) is 9.04. The Morgan fingerprint density at radius 1 is 1.00 bits per heavy atom. The zero-order valence-corrected chi connectivity index (χ0v) is 18.1. The molecule has 0 bridgehead atoms. The molecule has 0 saturated heterocycles. The number of hydrogen-bond donors (Lipinski definition) is 1. The van der Waals surface area contributed by atoms with Crippen molar-refractivity contribution >= 4 is 27.8 Å². The van der Waals surface area contributed by atoms with Crippen molar-refractivity contribution in [2.24, 2.45) is 5.10 Å². The van der Waals surface area contributed by atoms with E-state index < -0.39 is 10.0 Å². The molecule has 156 valence electrons. The first kappa shape index (κ1) is 21.7. The molecular weight excluding hydrogens is 424 g/mol. The highest BCUT2D eigenvalue weighted by Gasteiger charge is 2.12. The maximum Gasteiger partial charge on any atom is 0.276 e. The number of methoxy groups -OCH3 is 1. The highest BCUT2D eigenvalue weighted by molar-refractivity contribution is 7.89. The molecule has 0 saturated carbocycles. The number of benzene rings is 3. The number of hydrogen-bond acceptors (Lipinski definition) is 5. The fraction of sp³-hybridized carbons (Fsp3) is 0.136. The lowest BCUT2D eigenvalue weighted by Crippen LogP contribution is -2.18. The molecule has 0 fully saturated rings. The van der Waals surface area contributed by atoms with Gasteiger partial charge in [0.25, 0.3) is 10.0 Å². The molecule has 0 radical (unpaired) electrons. The third-order valence-electron chi connectivity index (χ3n) is 4.21. The largest absolute Gasteiger partial charge is 0.493 e. The average molecular weight is 445 g/mol. The Morgan fingerprint density at radius 3 is 2.37 bits per heavy atom. The van der Waals surface area contributed by atoms with Gasteiger partial charge in [-0.2, -0.15) is 13.5 Å². The molecule has 3 rings (SSSR count). The summed E-state index contributed by atoms with van der Waals surface area (Å²) in [5, 5.41) is 4.52. The van der Waals surface area contributed by atoms with Gasteiger partial charge in [0.1, 0.15) is 6.61 Å². The van der Waals surface area contributed by atoms with Crippen molar-refractivity contribution < 1.29 is 17.9 Å². The van der Waals surface area contributed by atoms with Gasteiger partial charge < -0.3 is 9.47 Å². The van der Waals surface area contributed by atoms with E-state index in [1.54, 1.807) is 49.6 Å². The first-order valence-corrected chi connectivity index (χ1v) is 10.9.